The Balaban J connectivity index is 1.41. The first-order chi connectivity index (χ1) is 13.9. The smallest absolute Gasteiger partial charge is 0.255 e. The van der Waals surface area contributed by atoms with Gasteiger partial charge in [0.05, 0.1) is 11.9 Å². The van der Waals surface area contributed by atoms with Crippen molar-refractivity contribution in [3.8, 4) is 0 Å². The van der Waals surface area contributed by atoms with Crippen LogP contribution in [0.4, 0.5) is 11.5 Å². The van der Waals surface area contributed by atoms with Crippen molar-refractivity contribution in [3.63, 3.8) is 0 Å². The minimum atomic E-state index is -0.119. The maximum atomic E-state index is 12.5. The average molecular weight is 386 g/mol. The van der Waals surface area contributed by atoms with Crippen molar-refractivity contribution in [2.75, 3.05) is 16.8 Å². The van der Waals surface area contributed by atoms with E-state index < -0.39 is 0 Å². The third-order valence-electron chi connectivity index (χ3n) is 5.47. The van der Waals surface area contributed by atoms with E-state index in [1.54, 1.807) is 6.20 Å². The summed E-state index contributed by atoms with van der Waals surface area (Å²) in [5, 5.41) is 2.94. The Labute approximate surface area is 172 Å². The highest BCUT2D eigenvalue weighted by Gasteiger charge is 2.17. The van der Waals surface area contributed by atoms with Crippen molar-refractivity contribution in [2.24, 2.45) is 0 Å². The Hall–Kier alpha value is -3.14. The zero-order valence-electron chi connectivity index (χ0n) is 17.3. The Kier molecular flexibility index (Phi) is 5.10. The molecule has 0 unspecified atom stereocenters. The largest absolute Gasteiger partial charge is 0.352 e. The number of carbonyl (C=O) groups is 1. The van der Waals surface area contributed by atoms with Crippen molar-refractivity contribution in [2.45, 2.75) is 39.2 Å². The molecule has 2 aromatic carbocycles. The van der Waals surface area contributed by atoms with Crippen molar-refractivity contribution in [1.82, 2.24) is 4.98 Å². The highest BCUT2D eigenvalue weighted by atomic mass is 16.1. The molecule has 0 radical (unpaired) electrons. The molecule has 29 heavy (non-hydrogen) atoms. The zero-order valence-corrected chi connectivity index (χ0v) is 17.3. The van der Waals surface area contributed by atoms with E-state index in [1.165, 1.54) is 16.7 Å². The lowest BCUT2D eigenvalue weighted by atomic mass is 9.87. The van der Waals surface area contributed by atoms with Gasteiger partial charge in [0.25, 0.3) is 5.91 Å². The highest BCUT2D eigenvalue weighted by Crippen LogP contribution is 2.24. The van der Waals surface area contributed by atoms with E-state index in [4.69, 9.17) is 0 Å². The Morgan fingerprint density at radius 3 is 2.34 bits per heavy atom. The molecule has 1 amide bonds. The van der Waals surface area contributed by atoms with Crippen LogP contribution in [0.15, 0.2) is 66.9 Å². The number of nitrogens with one attached hydrogen (secondary N) is 1. The second-order valence-electron chi connectivity index (χ2n) is 8.63. The van der Waals surface area contributed by atoms with Gasteiger partial charge in [-0.15, -0.1) is 0 Å². The summed E-state index contributed by atoms with van der Waals surface area (Å²) in [5.41, 5.74) is 5.42. The molecule has 0 fully saturated rings. The number of pyridine rings is 1. The summed E-state index contributed by atoms with van der Waals surface area (Å²) < 4.78 is 0. The minimum Gasteiger partial charge on any atom is -0.352 e. The van der Waals surface area contributed by atoms with Crippen LogP contribution in [0.25, 0.3) is 0 Å². The van der Waals surface area contributed by atoms with Gasteiger partial charge in [0.1, 0.15) is 5.82 Å². The van der Waals surface area contributed by atoms with Gasteiger partial charge < -0.3 is 10.2 Å². The molecule has 4 nitrogen and oxygen atoms in total. The first-order valence-electron chi connectivity index (χ1n) is 10.1. The summed E-state index contributed by atoms with van der Waals surface area (Å²) in [6, 6.07) is 20.3. The van der Waals surface area contributed by atoms with E-state index in [9.17, 15) is 4.79 Å². The molecule has 1 aliphatic rings. The van der Waals surface area contributed by atoms with Crippen LogP contribution in [0.2, 0.25) is 0 Å². The van der Waals surface area contributed by atoms with Gasteiger partial charge in [-0.05, 0) is 52.8 Å². The van der Waals surface area contributed by atoms with Crippen LogP contribution < -0.4 is 10.2 Å². The van der Waals surface area contributed by atoms with E-state index in [0.717, 1.165) is 25.3 Å². The van der Waals surface area contributed by atoms with Gasteiger partial charge in [0.2, 0.25) is 0 Å². The number of amides is 1. The molecule has 3 aromatic rings. The van der Waals surface area contributed by atoms with Crippen LogP contribution in [-0.4, -0.2) is 17.4 Å². The molecular weight excluding hydrogens is 358 g/mol. The number of hydrogen-bond acceptors (Lipinski definition) is 3. The molecule has 0 bridgehead atoms. The molecule has 1 N–H and O–H groups in total. The average Bonchev–Trinajstić information content (AvgIpc) is 2.73. The molecule has 0 atom stereocenters. The van der Waals surface area contributed by atoms with Crippen molar-refractivity contribution in [1.29, 1.82) is 0 Å². The summed E-state index contributed by atoms with van der Waals surface area (Å²) in [6.45, 7) is 8.31. The number of nitrogens with zero attached hydrogens (tertiary/aromatic N) is 2. The standard InChI is InChI=1S/C25H27N3O/c1-25(2,3)21-10-8-19(9-11-21)24(29)27-22-12-13-23(26-16-22)28-15-14-18-6-4-5-7-20(18)17-28/h4-13,16H,14-15,17H2,1-3H3,(H,27,29). The SMILES string of the molecule is CC(C)(C)c1ccc(C(=O)Nc2ccc(N3CCc4ccccc4C3)nc2)cc1. The molecule has 1 aliphatic heterocycles. The van der Waals surface area contributed by atoms with Gasteiger partial charge in [0.15, 0.2) is 0 Å². The fraction of sp³-hybridized carbons (Fsp3) is 0.280. The second kappa shape index (κ2) is 7.70. The predicted molar refractivity (Wildman–Crippen MR) is 119 cm³/mol. The summed E-state index contributed by atoms with van der Waals surface area (Å²) in [6.07, 6.45) is 2.76. The Morgan fingerprint density at radius 1 is 0.966 bits per heavy atom. The number of fused-ring (bicyclic) bond motifs is 1. The van der Waals surface area contributed by atoms with Gasteiger partial charge >= 0.3 is 0 Å². The molecule has 0 aliphatic carbocycles. The van der Waals surface area contributed by atoms with E-state index in [0.29, 0.717) is 11.3 Å². The molecule has 148 valence electrons. The molecule has 0 saturated carbocycles. The molecule has 4 rings (SSSR count). The normalized spacial score (nSPS) is 13.7. The van der Waals surface area contributed by atoms with Crippen molar-refractivity contribution in [3.05, 3.63) is 89.1 Å². The topological polar surface area (TPSA) is 45.2 Å². The fourth-order valence-corrected chi connectivity index (χ4v) is 3.66. The lowest BCUT2D eigenvalue weighted by Crippen LogP contribution is -2.30. The van der Waals surface area contributed by atoms with Crippen molar-refractivity contribution < 1.29 is 4.79 Å². The minimum absolute atomic E-state index is 0.0731. The highest BCUT2D eigenvalue weighted by molar-refractivity contribution is 6.04. The van der Waals surface area contributed by atoms with Crippen LogP contribution in [-0.2, 0) is 18.4 Å². The molecule has 0 spiro atoms. The summed E-state index contributed by atoms with van der Waals surface area (Å²) in [7, 11) is 0. The fourth-order valence-electron chi connectivity index (χ4n) is 3.66. The van der Waals surface area contributed by atoms with E-state index in [2.05, 4.69) is 60.2 Å². The second-order valence-corrected chi connectivity index (χ2v) is 8.63. The van der Waals surface area contributed by atoms with Crippen LogP contribution in [0, 0.1) is 0 Å². The number of benzene rings is 2. The van der Waals surface area contributed by atoms with Gasteiger partial charge in [-0.2, -0.15) is 0 Å². The monoisotopic (exact) mass is 385 g/mol. The molecule has 0 saturated heterocycles. The lowest BCUT2D eigenvalue weighted by molar-refractivity contribution is 0.102. The number of hydrogen-bond donors (Lipinski definition) is 1. The number of carbonyl (C=O) groups excluding carboxylic acids is 1. The first kappa shape index (κ1) is 19.2. The number of anilines is 2. The van der Waals surface area contributed by atoms with Crippen LogP contribution in [0.5, 0.6) is 0 Å². The Bertz CT molecular complexity index is 1000. The van der Waals surface area contributed by atoms with Gasteiger partial charge in [0, 0.05) is 18.7 Å². The van der Waals surface area contributed by atoms with Gasteiger partial charge in [-0.25, -0.2) is 4.98 Å². The Morgan fingerprint density at radius 2 is 1.69 bits per heavy atom. The summed E-state index contributed by atoms with van der Waals surface area (Å²) in [5.74, 6) is 0.818. The predicted octanol–water partition coefficient (Wildman–Crippen LogP) is 5.19. The van der Waals surface area contributed by atoms with Crippen LogP contribution in [0.1, 0.15) is 47.8 Å². The molecule has 1 aromatic heterocycles. The number of rotatable bonds is 3. The van der Waals surface area contributed by atoms with E-state index in [1.807, 2.05) is 36.4 Å². The quantitative estimate of drug-likeness (QED) is 0.674. The third kappa shape index (κ3) is 4.32. The third-order valence-corrected chi connectivity index (χ3v) is 5.47. The van der Waals surface area contributed by atoms with Crippen LogP contribution >= 0.6 is 0 Å². The number of aromatic nitrogens is 1. The molecule has 2 heterocycles. The lowest BCUT2D eigenvalue weighted by Gasteiger charge is -2.29. The molecule has 4 heteroatoms. The first-order valence-corrected chi connectivity index (χ1v) is 10.1. The van der Waals surface area contributed by atoms with E-state index in [-0.39, 0.29) is 11.3 Å². The van der Waals surface area contributed by atoms with Gasteiger partial charge in [-0.1, -0.05) is 57.2 Å². The summed E-state index contributed by atoms with van der Waals surface area (Å²) >= 11 is 0. The van der Waals surface area contributed by atoms with E-state index >= 15 is 0 Å². The van der Waals surface area contributed by atoms with Crippen molar-refractivity contribution >= 4 is 17.4 Å². The molecular formula is C25H27N3O. The zero-order chi connectivity index (χ0) is 20.4. The maximum absolute atomic E-state index is 12.5. The maximum Gasteiger partial charge on any atom is 0.255 e. The van der Waals surface area contributed by atoms with Gasteiger partial charge in [-0.3, -0.25) is 4.79 Å². The summed E-state index contributed by atoms with van der Waals surface area (Å²) in [4.78, 5) is 19.4. The van der Waals surface area contributed by atoms with Crippen LogP contribution in [0.3, 0.4) is 0 Å².